The van der Waals surface area contributed by atoms with Gasteiger partial charge in [-0.15, -0.1) is 0 Å². The van der Waals surface area contributed by atoms with Crippen molar-refractivity contribution in [2.45, 2.75) is 25.0 Å². The molecule has 124 valence electrons. The molecular formula is C18H21N4O2+. The molecule has 3 aliphatic heterocycles. The third-order valence-electron chi connectivity index (χ3n) is 4.53. The number of nitrogens with one attached hydrogen (secondary N) is 3. The van der Waals surface area contributed by atoms with Gasteiger partial charge < -0.3 is 20.7 Å². The normalized spacial score (nSPS) is 22.8. The first-order chi connectivity index (χ1) is 11.8. The fraction of sp³-hybridized carbons (Fsp3) is 0.333. The summed E-state index contributed by atoms with van der Waals surface area (Å²) in [7, 11) is 0. The number of hydrogen-bond acceptors (Lipinski definition) is 4. The number of fused-ring (bicyclic) bond motifs is 1. The second-order valence-corrected chi connectivity index (χ2v) is 6.10. The predicted octanol–water partition coefficient (Wildman–Crippen LogP) is 0.713. The summed E-state index contributed by atoms with van der Waals surface area (Å²) in [5.41, 5.74) is 3.03. The van der Waals surface area contributed by atoms with E-state index in [0.717, 1.165) is 29.8 Å². The lowest BCUT2D eigenvalue weighted by Crippen LogP contribution is -2.53. The monoisotopic (exact) mass is 325 g/mol. The topological polar surface area (TPSA) is 66.3 Å². The second kappa shape index (κ2) is 6.49. The Balaban J connectivity index is 1.61. The van der Waals surface area contributed by atoms with Gasteiger partial charge in [-0.2, -0.15) is 4.57 Å². The lowest BCUT2D eigenvalue weighted by Gasteiger charge is -2.23. The molecule has 6 heteroatoms. The van der Waals surface area contributed by atoms with Crippen LogP contribution in [0.5, 0.6) is 0 Å². The lowest BCUT2D eigenvalue weighted by atomic mass is 10.1. The Hall–Kier alpha value is -2.60. The minimum atomic E-state index is -0.428. The van der Waals surface area contributed by atoms with Crippen LogP contribution < -0.4 is 20.5 Å². The first-order valence-electron chi connectivity index (χ1n) is 8.31. The molecule has 1 atom stereocenters. The number of dihydropyridines is 1. The Bertz CT molecular complexity index is 718. The van der Waals surface area contributed by atoms with Gasteiger partial charge in [0.2, 0.25) is 5.69 Å². The molecule has 1 unspecified atom stereocenters. The van der Waals surface area contributed by atoms with Gasteiger partial charge in [-0.05, 0) is 31.1 Å². The number of carbonyl (C=O) groups excluding carboxylic acids is 1. The number of carbonyl (C=O) groups is 1. The molecule has 1 fully saturated rings. The van der Waals surface area contributed by atoms with Crippen LogP contribution in [-0.4, -0.2) is 25.2 Å². The fourth-order valence-electron chi connectivity index (χ4n) is 3.27. The summed E-state index contributed by atoms with van der Waals surface area (Å²) in [5.74, 6) is -0.00292. The second-order valence-electron chi connectivity index (χ2n) is 6.10. The predicted molar refractivity (Wildman–Crippen MR) is 89.1 cm³/mol. The van der Waals surface area contributed by atoms with Crippen LogP contribution in [0, 0.1) is 0 Å². The summed E-state index contributed by atoms with van der Waals surface area (Å²) in [4.78, 5) is 12.8. The standard InChI is InChI=1S/C18H20N4O2/c23-18(20-14-6-11-24-12-7-14)17-21-16(13-4-8-19-9-5-13)15-3-1-2-10-22(15)17/h1-5,8-10,14,17,21H,6-7,11-12H2,(H,20,23)/p+1. The number of nitrogens with zero attached hydrogens (tertiary/aromatic N) is 1. The minimum absolute atomic E-state index is 0.00292. The largest absolute Gasteiger partial charge is 0.381 e. The molecule has 0 spiro atoms. The molecular weight excluding hydrogens is 304 g/mol. The van der Waals surface area contributed by atoms with Crippen molar-refractivity contribution in [3.63, 3.8) is 0 Å². The number of pyridine rings is 1. The van der Waals surface area contributed by atoms with E-state index in [9.17, 15) is 4.79 Å². The average Bonchev–Trinajstić information content (AvgIpc) is 3.03. The van der Waals surface area contributed by atoms with E-state index in [1.54, 1.807) is 0 Å². The van der Waals surface area contributed by atoms with Crippen LogP contribution >= 0.6 is 0 Å². The minimum Gasteiger partial charge on any atom is -0.381 e. The maximum atomic E-state index is 12.8. The highest BCUT2D eigenvalue weighted by atomic mass is 16.5. The van der Waals surface area contributed by atoms with Gasteiger partial charge in [0.25, 0.3) is 0 Å². The molecule has 0 aliphatic carbocycles. The average molecular weight is 325 g/mol. The zero-order valence-electron chi connectivity index (χ0n) is 13.4. The SMILES string of the molecule is O=C(NC1CCOCC1)C1NC(=C2C=CNC=C2)c2cccc[n+]21. The van der Waals surface area contributed by atoms with Gasteiger partial charge in [-0.3, -0.25) is 4.79 Å². The van der Waals surface area contributed by atoms with Crippen LogP contribution in [0.25, 0.3) is 5.70 Å². The van der Waals surface area contributed by atoms with Crippen LogP contribution in [0.2, 0.25) is 0 Å². The number of rotatable bonds is 2. The first kappa shape index (κ1) is 15.0. The highest BCUT2D eigenvalue weighted by molar-refractivity contribution is 5.83. The van der Waals surface area contributed by atoms with Gasteiger partial charge >= 0.3 is 12.1 Å². The molecule has 24 heavy (non-hydrogen) atoms. The van der Waals surface area contributed by atoms with Crippen LogP contribution in [0.4, 0.5) is 0 Å². The maximum Gasteiger partial charge on any atom is 0.311 e. The Morgan fingerprint density at radius 3 is 2.79 bits per heavy atom. The van der Waals surface area contributed by atoms with Gasteiger partial charge in [-0.1, -0.05) is 0 Å². The van der Waals surface area contributed by atoms with E-state index in [4.69, 9.17) is 4.74 Å². The first-order valence-corrected chi connectivity index (χ1v) is 8.31. The van der Waals surface area contributed by atoms with Crippen molar-refractivity contribution in [1.82, 2.24) is 16.0 Å². The van der Waals surface area contributed by atoms with Crippen LogP contribution in [-0.2, 0) is 9.53 Å². The molecule has 1 aromatic heterocycles. The van der Waals surface area contributed by atoms with E-state index in [2.05, 4.69) is 16.0 Å². The Morgan fingerprint density at radius 1 is 1.21 bits per heavy atom. The highest BCUT2D eigenvalue weighted by Gasteiger charge is 2.40. The summed E-state index contributed by atoms with van der Waals surface area (Å²) in [5, 5.41) is 9.57. The summed E-state index contributed by atoms with van der Waals surface area (Å²) < 4.78 is 7.35. The number of ether oxygens (including phenoxy) is 1. The number of amides is 1. The molecule has 0 bridgehead atoms. The molecule has 3 aliphatic rings. The van der Waals surface area contributed by atoms with Gasteiger partial charge in [0.15, 0.2) is 6.20 Å². The van der Waals surface area contributed by atoms with Crippen molar-refractivity contribution in [1.29, 1.82) is 0 Å². The van der Waals surface area contributed by atoms with E-state index in [-0.39, 0.29) is 11.9 Å². The van der Waals surface area contributed by atoms with Crippen molar-refractivity contribution in [3.05, 3.63) is 60.2 Å². The zero-order valence-corrected chi connectivity index (χ0v) is 13.4. The smallest absolute Gasteiger partial charge is 0.311 e. The van der Waals surface area contributed by atoms with Crippen LogP contribution in [0.15, 0.2) is 54.5 Å². The summed E-state index contributed by atoms with van der Waals surface area (Å²) in [6.07, 6.45) is 11.0. The molecule has 3 N–H and O–H groups in total. The Morgan fingerprint density at radius 2 is 2.00 bits per heavy atom. The third-order valence-corrected chi connectivity index (χ3v) is 4.53. The van der Waals surface area contributed by atoms with Crippen LogP contribution in [0.1, 0.15) is 24.7 Å². The van der Waals surface area contributed by atoms with Gasteiger partial charge in [0.1, 0.15) is 5.70 Å². The number of allylic oxidation sites excluding steroid dienone is 3. The summed E-state index contributed by atoms with van der Waals surface area (Å²) in [6.45, 7) is 1.43. The van der Waals surface area contributed by atoms with Gasteiger partial charge in [0.05, 0.1) is 0 Å². The molecule has 0 saturated carbocycles. The molecule has 6 nitrogen and oxygen atoms in total. The number of aromatic nitrogens is 1. The Labute approximate surface area is 140 Å². The molecule has 4 rings (SSSR count). The van der Waals surface area contributed by atoms with E-state index in [1.807, 2.05) is 53.5 Å². The summed E-state index contributed by atoms with van der Waals surface area (Å²) >= 11 is 0. The Kier molecular flexibility index (Phi) is 4.04. The van der Waals surface area contributed by atoms with Crippen LogP contribution in [0.3, 0.4) is 0 Å². The van der Waals surface area contributed by atoms with Crippen molar-refractivity contribution >= 4 is 11.6 Å². The van der Waals surface area contributed by atoms with Gasteiger partial charge in [0, 0.05) is 49.4 Å². The fourth-order valence-corrected chi connectivity index (χ4v) is 3.27. The van der Waals surface area contributed by atoms with E-state index >= 15 is 0 Å². The third kappa shape index (κ3) is 2.80. The number of hydrogen-bond donors (Lipinski definition) is 3. The lowest BCUT2D eigenvalue weighted by molar-refractivity contribution is -0.705. The molecule has 1 amide bonds. The van der Waals surface area contributed by atoms with Crippen molar-refractivity contribution in [2.24, 2.45) is 0 Å². The molecule has 0 radical (unpaired) electrons. The molecule has 4 heterocycles. The van der Waals surface area contributed by atoms with E-state index in [0.29, 0.717) is 13.2 Å². The highest BCUT2D eigenvalue weighted by Crippen LogP contribution is 2.24. The molecule has 1 saturated heterocycles. The van der Waals surface area contributed by atoms with E-state index < -0.39 is 6.17 Å². The quantitative estimate of drug-likeness (QED) is 0.701. The zero-order chi connectivity index (χ0) is 16.4. The molecule has 1 aromatic rings. The van der Waals surface area contributed by atoms with Crippen molar-refractivity contribution in [3.8, 4) is 0 Å². The summed E-state index contributed by atoms with van der Waals surface area (Å²) in [6, 6.07) is 6.15. The van der Waals surface area contributed by atoms with Gasteiger partial charge in [-0.25, -0.2) is 0 Å². The van der Waals surface area contributed by atoms with Crippen molar-refractivity contribution in [2.75, 3.05) is 13.2 Å². The maximum absolute atomic E-state index is 12.8. The molecule has 0 aromatic carbocycles. The van der Waals surface area contributed by atoms with E-state index in [1.165, 1.54) is 0 Å². The van der Waals surface area contributed by atoms with Crippen molar-refractivity contribution < 1.29 is 14.1 Å².